The maximum atomic E-state index is 12.0. The molecule has 0 atom stereocenters. The first kappa shape index (κ1) is 15.0. The molecule has 1 saturated heterocycles. The Labute approximate surface area is 121 Å². The average molecular weight is 275 g/mol. The van der Waals surface area contributed by atoms with Gasteiger partial charge in [-0.25, -0.2) is 0 Å². The average Bonchev–Trinajstić information content (AvgIpc) is 2.39. The zero-order valence-corrected chi connectivity index (χ0v) is 12.5. The quantitative estimate of drug-likeness (QED) is 0.862. The van der Waals surface area contributed by atoms with Gasteiger partial charge in [0.25, 0.3) is 0 Å². The summed E-state index contributed by atoms with van der Waals surface area (Å²) < 4.78 is 0. The highest BCUT2D eigenvalue weighted by Crippen LogP contribution is 2.13. The molecule has 2 rings (SSSR count). The van der Waals surface area contributed by atoms with Crippen molar-refractivity contribution in [2.45, 2.75) is 19.8 Å². The third kappa shape index (κ3) is 4.94. The van der Waals surface area contributed by atoms with E-state index in [1.807, 2.05) is 38.2 Å². The van der Waals surface area contributed by atoms with Crippen LogP contribution in [0.4, 0.5) is 5.69 Å². The maximum Gasteiger partial charge on any atom is 0.238 e. The summed E-state index contributed by atoms with van der Waals surface area (Å²) in [5, 5.41) is 6.33. The molecule has 0 aliphatic carbocycles. The summed E-state index contributed by atoms with van der Waals surface area (Å²) in [4.78, 5) is 14.1. The number of anilines is 1. The number of likely N-dealkylation sites (N-methyl/N-ethyl adjacent to an activating group) is 1. The first-order valence-electron chi connectivity index (χ1n) is 7.39. The minimum Gasteiger partial charge on any atom is -0.325 e. The zero-order valence-electron chi connectivity index (χ0n) is 12.5. The van der Waals surface area contributed by atoms with Gasteiger partial charge >= 0.3 is 0 Å². The molecule has 1 aliphatic rings. The van der Waals surface area contributed by atoms with Crippen LogP contribution >= 0.6 is 0 Å². The number of benzene rings is 1. The van der Waals surface area contributed by atoms with Crippen LogP contribution in [-0.2, 0) is 4.79 Å². The molecular formula is C16H25N3O. The molecule has 1 fully saturated rings. The standard InChI is InChI=1S/C16H25N3O/c1-13-4-3-5-15(10-13)18-16(20)12-19(2)11-14-6-8-17-9-7-14/h3-5,10,14,17H,6-9,11-12H2,1-2H3,(H,18,20). The SMILES string of the molecule is Cc1cccc(NC(=O)CN(C)CC2CCNCC2)c1. The molecule has 0 spiro atoms. The third-order valence-electron chi connectivity index (χ3n) is 3.74. The number of piperidine rings is 1. The molecule has 0 radical (unpaired) electrons. The first-order chi connectivity index (χ1) is 9.63. The van der Waals surface area contributed by atoms with Gasteiger partial charge in [0.15, 0.2) is 0 Å². The summed E-state index contributed by atoms with van der Waals surface area (Å²) in [6, 6.07) is 7.91. The Morgan fingerprint density at radius 2 is 2.15 bits per heavy atom. The number of amides is 1. The van der Waals surface area contributed by atoms with Crippen LogP contribution in [0.5, 0.6) is 0 Å². The van der Waals surface area contributed by atoms with Crippen molar-refractivity contribution in [3.63, 3.8) is 0 Å². The fraction of sp³-hybridized carbons (Fsp3) is 0.562. The molecule has 4 nitrogen and oxygen atoms in total. The molecule has 0 aromatic heterocycles. The van der Waals surface area contributed by atoms with Crippen LogP contribution < -0.4 is 10.6 Å². The number of nitrogens with zero attached hydrogens (tertiary/aromatic N) is 1. The van der Waals surface area contributed by atoms with E-state index in [0.29, 0.717) is 12.5 Å². The Morgan fingerprint density at radius 3 is 2.85 bits per heavy atom. The Kier molecular flexibility index (Phi) is 5.56. The Hall–Kier alpha value is -1.39. The highest BCUT2D eigenvalue weighted by Gasteiger charge is 2.16. The van der Waals surface area contributed by atoms with E-state index in [0.717, 1.165) is 30.9 Å². The lowest BCUT2D eigenvalue weighted by Gasteiger charge is -2.27. The second kappa shape index (κ2) is 7.41. The van der Waals surface area contributed by atoms with Crippen molar-refractivity contribution >= 4 is 11.6 Å². The van der Waals surface area contributed by atoms with Crippen LogP contribution in [0.15, 0.2) is 24.3 Å². The van der Waals surface area contributed by atoms with E-state index in [4.69, 9.17) is 0 Å². The van der Waals surface area contributed by atoms with Gasteiger partial charge in [-0.2, -0.15) is 0 Å². The van der Waals surface area contributed by atoms with Crippen LogP contribution in [0.2, 0.25) is 0 Å². The fourth-order valence-electron chi connectivity index (χ4n) is 2.74. The van der Waals surface area contributed by atoms with Gasteiger partial charge in [0.1, 0.15) is 0 Å². The summed E-state index contributed by atoms with van der Waals surface area (Å²) in [5.74, 6) is 0.778. The van der Waals surface area contributed by atoms with Gasteiger partial charge in [-0.3, -0.25) is 9.69 Å². The van der Waals surface area contributed by atoms with Gasteiger partial charge in [0, 0.05) is 12.2 Å². The van der Waals surface area contributed by atoms with E-state index in [9.17, 15) is 4.79 Å². The van der Waals surface area contributed by atoms with Crippen LogP contribution in [0.25, 0.3) is 0 Å². The number of carbonyl (C=O) groups is 1. The van der Waals surface area contributed by atoms with Gasteiger partial charge in [0.2, 0.25) is 5.91 Å². The molecule has 1 aliphatic heterocycles. The van der Waals surface area contributed by atoms with Crippen LogP contribution in [0.3, 0.4) is 0 Å². The molecule has 0 unspecified atom stereocenters. The van der Waals surface area contributed by atoms with E-state index in [1.165, 1.54) is 12.8 Å². The van der Waals surface area contributed by atoms with E-state index in [-0.39, 0.29) is 5.91 Å². The van der Waals surface area contributed by atoms with Crippen molar-refractivity contribution in [2.75, 3.05) is 38.5 Å². The molecule has 110 valence electrons. The van der Waals surface area contributed by atoms with Crippen molar-refractivity contribution in [1.29, 1.82) is 0 Å². The third-order valence-corrected chi connectivity index (χ3v) is 3.74. The summed E-state index contributed by atoms with van der Waals surface area (Å²) in [6.07, 6.45) is 2.42. The van der Waals surface area contributed by atoms with Crippen molar-refractivity contribution in [3.05, 3.63) is 29.8 Å². The van der Waals surface area contributed by atoms with E-state index in [2.05, 4.69) is 15.5 Å². The predicted octanol–water partition coefficient (Wildman–Crippen LogP) is 1.86. The molecule has 1 heterocycles. The number of hydrogen-bond acceptors (Lipinski definition) is 3. The molecule has 1 aromatic carbocycles. The van der Waals surface area contributed by atoms with Gasteiger partial charge in [-0.1, -0.05) is 12.1 Å². The van der Waals surface area contributed by atoms with Gasteiger partial charge in [-0.05, 0) is 63.5 Å². The van der Waals surface area contributed by atoms with Crippen LogP contribution in [-0.4, -0.2) is 44.0 Å². The molecule has 0 saturated carbocycles. The number of nitrogens with one attached hydrogen (secondary N) is 2. The minimum absolute atomic E-state index is 0.0621. The fourth-order valence-corrected chi connectivity index (χ4v) is 2.74. The van der Waals surface area contributed by atoms with Crippen molar-refractivity contribution in [1.82, 2.24) is 10.2 Å². The van der Waals surface area contributed by atoms with Gasteiger partial charge < -0.3 is 10.6 Å². The van der Waals surface area contributed by atoms with E-state index in [1.54, 1.807) is 0 Å². The van der Waals surface area contributed by atoms with E-state index < -0.39 is 0 Å². The lowest BCUT2D eigenvalue weighted by atomic mass is 9.98. The van der Waals surface area contributed by atoms with Crippen molar-refractivity contribution in [3.8, 4) is 0 Å². The van der Waals surface area contributed by atoms with Crippen molar-refractivity contribution < 1.29 is 4.79 Å². The molecule has 1 amide bonds. The van der Waals surface area contributed by atoms with Crippen LogP contribution in [0.1, 0.15) is 18.4 Å². The number of carbonyl (C=O) groups excluding carboxylic acids is 1. The first-order valence-corrected chi connectivity index (χ1v) is 7.39. The predicted molar refractivity (Wildman–Crippen MR) is 82.9 cm³/mol. The molecular weight excluding hydrogens is 250 g/mol. The monoisotopic (exact) mass is 275 g/mol. The summed E-state index contributed by atoms with van der Waals surface area (Å²) in [6.45, 7) is 5.70. The van der Waals surface area contributed by atoms with Crippen molar-refractivity contribution in [2.24, 2.45) is 5.92 Å². The highest BCUT2D eigenvalue weighted by atomic mass is 16.2. The molecule has 4 heteroatoms. The van der Waals surface area contributed by atoms with E-state index >= 15 is 0 Å². The summed E-state index contributed by atoms with van der Waals surface area (Å²) in [7, 11) is 2.03. The smallest absolute Gasteiger partial charge is 0.238 e. The van der Waals surface area contributed by atoms with Gasteiger partial charge in [-0.15, -0.1) is 0 Å². The number of aryl methyl sites for hydroxylation is 1. The molecule has 2 N–H and O–H groups in total. The van der Waals surface area contributed by atoms with Gasteiger partial charge in [0.05, 0.1) is 6.54 Å². The zero-order chi connectivity index (χ0) is 14.4. The Morgan fingerprint density at radius 1 is 1.40 bits per heavy atom. The molecule has 20 heavy (non-hydrogen) atoms. The second-order valence-electron chi connectivity index (χ2n) is 5.81. The largest absolute Gasteiger partial charge is 0.325 e. The number of hydrogen-bond donors (Lipinski definition) is 2. The minimum atomic E-state index is 0.0621. The lowest BCUT2D eigenvalue weighted by molar-refractivity contribution is -0.117. The Bertz CT molecular complexity index is 441. The van der Waals surface area contributed by atoms with Crippen LogP contribution in [0, 0.1) is 12.8 Å². The molecule has 1 aromatic rings. The Balaban J connectivity index is 1.75. The highest BCUT2D eigenvalue weighted by molar-refractivity contribution is 5.92. The number of rotatable bonds is 5. The lowest BCUT2D eigenvalue weighted by Crippen LogP contribution is -2.37. The maximum absolute atomic E-state index is 12.0. The molecule has 0 bridgehead atoms. The topological polar surface area (TPSA) is 44.4 Å². The summed E-state index contributed by atoms with van der Waals surface area (Å²) in [5.41, 5.74) is 2.04. The summed E-state index contributed by atoms with van der Waals surface area (Å²) >= 11 is 0. The normalized spacial score (nSPS) is 16.4. The second-order valence-corrected chi connectivity index (χ2v) is 5.81.